The van der Waals surface area contributed by atoms with Crippen LogP contribution in [0.1, 0.15) is 48.2 Å². The first-order valence-corrected chi connectivity index (χ1v) is 7.56. The zero-order chi connectivity index (χ0) is 13.8. The van der Waals surface area contributed by atoms with Crippen molar-refractivity contribution in [2.45, 2.75) is 45.1 Å². The molecule has 0 bridgehead atoms. The zero-order valence-corrected chi connectivity index (χ0v) is 12.0. The number of aryl methyl sites for hydroxylation is 2. The van der Waals surface area contributed by atoms with Crippen molar-refractivity contribution in [1.82, 2.24) is 20.7 Å². The molecule has 1 aromatic heterocycles. The average molecular weight is 270 g/mol. The molecule has 2 aromatic rings. The molecule has 1 unspecified atom stereocenters. The average Bonchev–Trinajstić information content (AvgIpc) is 3.13. The predicted octanol–water partition coefficient (Wildman–Crippen LogP) is 2.58. The van der Waals surface area contributed by atoms with Gasteiger partial charge in [-0.1, -0.05) is 25.1 Å². The van der Waals surface area contributed by atoms with E-state index in [4.69, 9.17) is 0 Å². The minimum absolute atomic E-state index is 0.244. The lowest BCUT2D eigenvalue weighted by Gasteiger charge is -2.16. The van der Waals surface area contributed by atoms with Crippen LogP contribution >= 0.6 is 0 Å². The summed E-state index contributed by atoms with van der Waals surface area (Å²) < 4.78 is 0. The molecule has 1 aliphatic rings. The van der Waals surface area contributed by atoms with Gasteiger partial charge in [0.1, 0.15) is 0 Å². The van der Waals surface area contributed by atoms with E-state index in [1.54, 1.807) is 0 Å². The van der Waals surface area contributed by atoms with Crippen molar-refractivity contribution in [2.75, 3.05) is 6.54 Å². The number of benzene rings is 1. The highest BCUT2D eigenvalue weighted by molar-refractivity contribution is 5.35. The number of H-pyrrole nitrogens is 1. The van der Waals surface area contributed by atoms with Gasteiger partial charge >= 0.3 is 0 Å². The van der Waals surface area contributed by atoms with E-state index in [1.807, 2.05) is 6.20 Å². The molecule has 2 N–H and O–H groups in total. The number of fused-ring (bicyclic) bond motifs is 1. The summed E-state index contributed by atoms with van der Waals surface area (Å²) in [6.45, 7) is 3.19. The minimum Gasteiger partial charge on any atom is -0.308 e. The second kappa shape index (κ2) is 6.18. The molecule has 0 aliphatic heterocycles. The Labute approximate surface area is 120 Å². The largest absolute Gasteiger partial charge is 0.308 e. The summed E-state index contributed by atoms with van der Waals surface area (Å²) in [7, 11) is 0. The molecule has 0 fully saturated rings. The SMILES string of the molecule is CCCNC(Cc1ccc2c(c1)CCC2)c1cn[nH]n1. The molecule has 1 atom stereocenters. The fourth-order valence-electron chi connectivity index (χ4n) is 2.97. The lowest BCUT2D eigenvalue weighted by atomic mass is 9.99. The number of nitrogens with zero attached hydrogens (tertiary/aromatic N) is 2. The van der Waals surface area contributed by atoms with Crippen LogP contribution in [0.3, 0.4) is 0 Å². The van der Waals surface area contributed by atoms with Crippen molar-refractivity contribution in [3.63, 3.8) is 0 Å². The number of rotatable bonds is 6. The van der Waals surface area contributed by atoms with E-state index in [0.717, 1.165) is 25.1 Å². The van der Waals surface area contributed by atoms with Gasteiger partial charge in [-0.05, 0) is 55.3 Å². The first-order valence-electron chi connectivity index (χ1n) is 7.56. The molecule has 4 nitrogen and oxygen atoms in total. The molecule has 4 heteroatoms. The smallest absolute Gasteiger partial charge is 0.0997 e. The van der Waals surface area contributed by atoms with Crippen LogP contribution in [-0.4, -0.2) is 22.0 Å². The van der Waals surface area contributed by atoms with Crippen LogP contribution in [0.4, 0.5) is 0 Å². The third-order valence-corrected chi connectivity index (χ3v) is 4.03. The van der Waals surface area contributed by atoms with E-state index in [9.17, 15) is 0 Å². The van der Waals surface area contributed by atoms with E-state index < -0.39 is 0 Å². The molecule has 0 spiro atoms. The topological polar surface area (TPSA) is 53.6 Å². The Morgan fingerprint density at radius 1 is 1.30 bits per heavy atom. The van der Waals surface area contributed by atoms with Gasteiger partial charge < -0.3 is 5.32 Å². The Hall–Kier alpha value is -1.68. The number of hydrogen-bond donors (Lipinski definition) is 2. The lowest BCUT2D eigenvalue weighted by molar-refractivity contribution is 0.517. The van der Waals surface area contributed by atoms with Crippen molar-refractivity contribution in [1.29, 1.82) is 0 Å². The van der Waals surface area contributed by atoms with E-state index in [1.165, 1.54) is 36.0 Å². The Morgan fingerprint density at radius 2 is 2.20 bits per heavy atom. The molecule has 1 heterocycles. The quantitative estimate of drug-likeness (QED) is 0.848. The van der Waals surface area contributed by atoms with E-state index in [2.05, 4.69) is 45.9 Å². The lowest BCUT2D eigenvalue weighted by Crippen LogP contribution is -2.24. The predicted molar refractivity (Wildman–Crippen MR) is 79.6 cm³/mol. The van der Waals surface area contributed by atoms with E-state index in [0.29, 0.717) is 0 Å². The van der Waals surface area contributed by atoms with Crippen LogP contribution < -0.4 is 5.32 Å². The fourth-order valence-corrected chi connectivity index (χ4v) is 2.97. The van der Waals surface area contributed by atoms with Crippen LogP contribution in [0.25, 0.3) is 0 Å². The van der Waals surface area contributed by atoms with Gasteiger partial charge in [-0.3, -0.25) is 0 Å². The van der Waals surface area contributed by atoms with Gasteiger partial charge in [0.15, 0.2) is 0 Å². The molecule has 3 rings (SSSR count). The molecular weight excluding hydrogens is 248 g/mol. The molecule has 0 radical (unpaired) electrons. The highest BCUT2D eigenvalue weighted by atomic mass is 15.3. The highest BCUT2D eigenvalue weighted by Crippen LogP contribution is 2.25. The molecular formula is C16H22N4. The highest BCUT2D eigenvalue weighted by Gasteiger charge is 2.16. The summed E-state index contributed by atoms with van der Waals surface area (Å²) in [5.41, 5.74) is 5.46. The molecule has 20 heavy (non-hydrogen) atoms. The number of aromatic amines is 1. The summed E-state index contributed by atoms with van der Waals surface area (Å²) >= 11 is 0. The molecule has 1 aliphatic carbocycles. The summed E-state index contributed by atoms with van der Waals surface area (Å²) in [4.78, 5) is 0. The maximum Gasteiger partial charge on any atom is 0.0997 e. The molecule has 0 saturated heterocycles. The van der Waals surface area contributed by atoms with E-state index >= 15 is 0 Å². The van der Waals surface area contributed by atoms with Crippen molar-refractivity contribution < 1.29 is 0 Å². The fraction of sp³-hybridized carbons (Fsp3) is 0.500. The number of hydrogen-bond acceptors (Lipinski definition) is 3. The summed E-state index contributed by atoms with van der Waals surface area (Å²) in [5.74, 6) is 0. The van der Waals surface area contributed by atoms with E-state index in [-0.39, 0.29) is 6.04 Å². The van der Waals surface area contributed by atoms with Crippen molar-refractivity contribution in [2.24, 2.45) is 0 Å². The molecule has 106 valence electrons. The first kappa shape index (κ1) is 13.3. The normalized spacial score (nSPS) is 15.2. The second-order valence-electron chi connectivity index (χ2n) is 5.56. The van der Waals surface area contributed by atoms with Crippen molar-refractivity contribution in [3.05, 3.63) is 46.8 Å². The third-order valence-electron chi connectivity index (χ3n) is 4.03. The van der Waals surface area contributed by atoms with Gasteiger partial charge in [0.25, 0.3) is 0 Å². The first-order chi connectivity index (χ1) is 9.86. The summed E-state index contributed by atoms with van der Waals surface area (Å²) in [6, 6.07) is 7.19. The minimum atomic E-state index is 0.244. The Kier molecular flexibility index (Phi) is 4.11. The van der Waals surface area contributed by atoms with Gasteiger partial charge in [0, 0.05) is 0 Å². The van der Waals surface area contributed by atoms with Crippen molar-refractivity contribution >= 4 is 0 Å². The van der Waals surface area contributed by atoms with Crippen LogP contribution in [0.5, 0.6) is 0 Å². The maximum absolute atomic E-state index is 4.24. The van der Waals surface area contributed by atoms with Gasteiger partial charge in [0.2, 0.25) is 0 Å². The monoisotopic (exact) mass is 270 g/mol. The summed E-state index contributed by atoms with van der Waals surface area (Å²) in [6.07, 6.45) is 7.70. The Bertz CT molecular complexity index is 548. The van der Waals surface area contributed by atoms with Crippen LogP contribution in [0.2, 0.25) is 0 Å². The number of nitrogens with one attached hydrogen (secondary N) is 2. The zero-order valence-electron chi connectivity index (χ0n) is 12.0. The van der Waals surface area contributed by atoms with Gasteiger partial charge in [-0.15, -0.1) is 0 Å². The Morgan fingerprint density at radius 3 is 3.00 bits per heavy atom. The van der Waals surface area contributed by atoms with Crippen LogP contribution in [0, 0.1) is 0 Å². The number of aromatic nitrogens is 3. The second-order valence-corrected chi connectivity index (χ2v) is 5.56. The van der Waals surface area contributed by atoms with Gasteiger partial charge in [0.05, 0.1) is 17.9 Å². The van der Waals surface area contributed by atoms with Gasteiger partial charge in [-0.2, -0.15) is 15.4 Å². The van der Waals surface area contributed by atoms with Crippen LogP contribution in [0.15, 0.2) is 24.4 Å². The van der Waals surface area contributed by atoms with Gasteiger partial charge in [-0.25, -0.2) is 0 Å². The Balaban J connectivity index is 1.75. The third kappa shape index (κ3) is 2.90. The van der Waals surface area contributed by atoms with Crippen molar-refractivity contribution in [3.8, 4) is 0 Å². The standard InChI is InChI=1S/C16H22N4/c1-2-8-17-15(16-11-18-20-19-16)10-12-6-7-13-4-3-5-14(13)9-12/h6-7,9,11,15,17H,2-5,8,10H2,1H3,(H,18,19,20). The van der Waals surface area contributed by atoms with Crippen LogP contribution in [-0.2, 0) is 19.3 Å². The maximum atomic E-state index is 4.24. The molecule has 0 saturated carbocycles. The summed E-state index contributed by atoms with van der Waals surface area (Å²) in [5, 5.41) is 14.5. The molecule has 0 amide bonds. The molecule has 1 aromatic carbocycles.